The van der Waals surface area contributed by atoms with Gasteiger partial charge in [-0.05, 0) is 44.4 Å². The van der Waals surface area contributed by atoms with E-state index in [2.05, 4.69) is 60.1 Å². The molecule has 112 valence electrons. The quantitative estimate of drug-likeness (QED) is 0.870. The molecule has 3 heteroatoms. The second-order valence-electron chi connectivity index (χ2n) is 5.87. The molecule has 2 unspecified atom stereocenters. The largest absolute Gasteiger partial charge is 0.326 e. The SMILES string of the molecule is C/C=C\C1CCCNC1Cn1c(CC)nc2ccccc21. The van der Waals surface area contributed by atoms with Crippen molar-refractivity contribution in [2.24, 2.45) is 5.92 Å². The van der Waals surface area contributed by atoms with Crippen molar-refractivity contribution in [3.63, 3.8) is 0 Å². The predicted octanol–water partition coefficient (Wildman–Crippen LogP) is 3.54. The van der Waals surface area contributed by atoms with Gasteiger partial charge in [-0.3, -0.25) is 0 Å². The van der Waals surface area contributed by atoms with Crippen molar-refractivity contribution in [3.8, 4) is 0 Å². The molecule has 3 rings (SSSR count). The van der Waals surface area contributed by atoms with Gasteiger partial charge in [-0.1, -0.05) is 31.2 Å². The van der Waals surface area contributed by atoms with E-state index in [9.17, 15) is 0 Å². The minimum Gasteiger partial charge on any atom is -0.326 e. The molecule has 0 saturated carbocycles. The zero-order valence-electron chi connectivity index (χ0n) is 13.0. The van der Waals surface area contributed by atoms with E-state index in [-0.39, 0.29) is 0 Å². The molecular weight excluding hydrogens is 258 g/mol. The van der Waals surface area contributed by atoms with E-state index in [0.717, 1.165) is 25.0 Å². The van der Waals surface area contributed by atoms with Crippen LogP contribution >= 0.6 is 0 Å². The third-order valence-electron chi connectivity index (χ3n) is 4.51. The van der Waals surface area contributed by atoms with E-state index < -0.39 is 0 Å². The summed E-state index contributed by atoms with van der Waals surface area (Å²) in [5.41, 5.74) is 2.38. The number of imidazole rings is 1. The van der Waals surface area contributed by atoms with E-state index in [4.69, 9.17) is 4.98 Å². The number of nitrogens with one attached hydrogen (secondary N) is 1. The molecule has 2 heterocycles. The average Bonchev–Trinajstić information content (AvgIpc) is 2.87. The molecule has 1 fully saturated rings. The van der Waals surface area contributed by atoms with Crippen LogP contribution in [0.15, 0.2) is 36.4 Å². The molecule has 2 atom stereocenters. The summed E-state index contributed by atoms with van der Waals surface area (Å²) >= 11 is 0. The van der Waals surface area contributed by atoms with E-state index >= 15 is 0 Å². The Bertz CT molecular complexity index is 626. The number of piperidine rings is 1. The number of hydrogen-bond acceptors (Lipinski definition) is 2. The lowest BCUT2D eigenvalue weighted by Gasteiger charge is -2.31. The van der Waals surface area contributed by atoms with Crippen molar-refractivity contribution >= 4 is 11.0 Å². The van der Waals surface area contributed by atoms with Crippen LogP contribution in [0.25, 0.3) is 11.0 Å². The molecule has 0 radical (unpaired) electrons. The highest BCUT2D eigenvalue weighted by Crippen LogP contribution is 2.23. The number of hydrogen-bond donors (Lipinski definition) is 1. The molecule has 0 aliphatic carbocycles. The van der Waals surface area contributed by atoms with E-state index in [0.29, 0.717) is 12.0 Å². The molecule has 2 aromatic rings. The number of para-hydroxylation sites is 2. The van der Waals surface area contributed by atoms with Crippen molar-refractivity contribution in [1.82, 2.24) is 14.9 Å². The summed E-state index contributed by atoms with van der Waals surface area (Å²) in [5.74, 6) is 1.83. The van der Waals surface area contributed by atoms with Crippen LogP contribution in [-0.4, -0.2) is 22.1 Å². The number of allylic oxidation sites excluding steroid dienone is 1. The van der Waals surface area contributed by atoms with Crippen LogP contribution in [0.4, 0.5) is 0 Å². The Kier molecular flexibility index (Phi) is 4.39. The summed E-state index contributed by atoms with van der Waals surface area (Å²) in [6, 6.07) is 8.99. The standard InChI is InChI=1S/C18H25N3/c1-3-8-14-9-7-12-19-16(14)13-21-17-11-6-5-10-15(17)20-18(21)4-2/h3,5-6,8,10-11,14,16,19H,4,7,9,12-13H2,1-2H3/b8-3-. The first kappa shape index (κ1) is 14.3. The molecule has 0 spiro atoms. The van der Waals surface area contributed by atoms with E-state index in [1.807, 2.05) is 0 Å². The van der Waals surface area contributed by atoms with E-state index in [1.165, 1.54) is 24.2 Å². The first-order chi connectivity index (χ1) is 10.3. The van der Waals surface area contributed by atoms with Crippen molar-refractivity contribution in [2.75, 3.05) is 6.54 Å². The van der Waals surface area contributed by atoms with Gasteiger partial charge in [0, 0.05) is 19.0 Å². The zero-order valence-corrected chi connectivity index (χ0v) is 13.0. The number of rotatable bonds is 4. The summed E-state index contributed by atoms with van der Waals surface area (Å²) in [4.78, 5) is 4.78. The Labute approximate surface area is 127 Å². The van der Waals surface area contributed by atoms with Crippen LogP contribution in [0.5, 0.6) is 0 Å². The lowest BCUT2D eigenvalue weighted by Crippen LogP contribution is -2.43. The third-order valence-corrected chi connectivity index (χ3v) is 4.51. The van der Waals surface area contributed by atoms with Crippen LogP contribution in [0.1, 0.15) is 32.5 Å². The zero-order chi connectivity index (χ0) is 14.7. The number of fused-ring (bicyclic) bond motifs is 1. The molecule has 1 aliphatic rings. The highest BCUT2D eigenvalue weighted by Gasteiger charge is 2.24. The molecule has 1 aliphatic heterocycles. The van der Waals surface area contributed by atoms with Gasteiger partial charge in [-0.15, -0.1) is 0 Å². The highest BCUT2D eigenvalue weighted by atomic mass is 15.1. The average molecular weight is 283 g/mol. The fourth-order valence-electron chi connectivity index (χ4n) is 3.45. The Hall–Kier alpha value is -1.61. The van der Waals surface area contributed by atoms with Gasteiger partial charge in [-0.25, -0.2) is 4.98 Å². The molecular formula is C18H25N3. The maximum absolute atomic E-state index is 4.78. The smallest absolute Gasteiger partial charge is 0.109 e. The van der Waals surface area contributed by atoms with Crippen LogP contribution in [0.2, 0.25) is 0 Å². The summed E-state index contributed by atoms with van der Waals surface area (Å²) in [7, 11) is 0. The van der Waals surface area contributed by atoms with Gasteiger partial charge in [0.15, 0.2) is 0 Å². The number of aryl methyl sites for hydroxylation is 1. The summed E-state index contributed by atoms with van der Waals surface area (Å²) in [5, 5.41) is 3.71. The second kappa shape index (κ2) is 6.44. The van der Waals surface area contributed by atoms with Gasteiger partial charge in [-0.2, -0.15) is 0 Å². The predicted molar refractivity (Wildman–Crippen MR) is 88.4 cm³/mol. The molecule has 0 amide bonds. The number of benzene rings is 1. The van der Waals surface area contributed by atoms with Gasteiger partial charge < -0.3 is 9.88 Å². The minimum atomic E-state index is 0.512. The molecule has 21 heavy (non-hydrogen) atoms. The van der Waals surface area contributed by atoms with E-state index in [1.54, 1.807) is 0 Å². The Morgan fingerprint density at radius 2 is 2.24 bits per heavy atom. The first-order valence-corrected chi connectivity index (χ1v) is 8.13. The lowest BCUT2D eigenvalue weighted by molar-refractivity contribution is 0.298. The maximum atomic E-state index is 4.78. The van der Waals surface area contributed by atoms with Crippen molar-refractivity contribution in [2.45, 2.75) is 45.7 Å². The Morgan fingerprint density at radius 1 is 1.38 bits per heavy atom. The van der Waals surface area contributed by atoms with Crippen LogP contribution in [-0.2, 0) is 13.0 Å². The lowest BCUT2D eigenvalue weighted by atomic mass is 9.90. The summed E-state index contributed by atoms with van der Waals surface area (Å²) in [6.07, 6.45) is 8.10. The normalized spacial score (nSPS) is 23.1. The van der Waals surface area contributed by atoms with Crippen LogP contribution < -0.4 is 5.32 Å². The first-order valence-electron chi connectivity index (χ1n) is 8.13. The second-order valence-corrected chi connectivity index (χ2v) is 5.87. The van der Waals surface area contributed by atoms with Gasteiger partial charge >= 0.3 is 0 Å². The van der Waals surface area contributed by atoms with Gasteiger partial charge in [0.25, 0.3) is 0 Å². The highest BCUT2D eigenvalue weighted by molar-refractivity contribution is 5.75. The van der Waals surface area contributed by atoms with Crippen LogP contribution in [0.3, 0.4) is 0 Å². The topological polar surface area (TPSA) is 29.9 Å². The number of aromatic nitrogens is 2. The fourth-order valence-corrected chi connectivity index (χ4v) is 3.45. The van der Waals surface area contributed by atoms with Gasteiger partial charge in [0.2, 0.25) is 0 Å². The molecule has 3 nitrogen and oxygen atoms in total. The molecule has 0 bridgehead atoms. The minimum absolute atomic E-state index is 0.512. The summed E-state index contributed by atoms with van der Waals surface area (Å²) in [6.45, 7) is 6.46. The monoisotopic (exact) mass is 283 g/mol. The molecule has 1 aromatic carbocycles. The van der Waals surface area contributed by atoms with Gasteiger partial charge in [0.05, 0.1) is 11.0 Å². The molecule has 1 aromatic heterocycles. The molecule has 1 saturated heterocycles. The summed E-state index contributed by atoms with van der Waals surface area (Å²) < 4.78 is 2.41. The van der Waals surface area contributed by atoms with Gasteiger partial charge in [0.1, 0.15) is 5.82 Å². The van der Waals surface area contributed by atoms with Crippen molar-refractivity contribution < 1.29 is 0 Å². The number of nitrogens with zero attached hydrogens (tertiary/aromatic N) is 2. The Morgan fingerprint density at radius 3 is 3.05 bits per heavy atom. The van der Waals surface area contributed by atoms with Crippen LogP contribution in [0, 0.1) is 5.92 Å². The fraction of sp³-hybridized carbons (Fsp3) is 0.500. The third kappa shape index (κ3) is 2.88. The maximum Gasteiger partial charge on any atom is 0.109 e. The van der Waals surface area contributed by atoms with Crippen molar-refractivity contribution in [1.29, 1.82) is 0 Å². The van der Waals surface area contributed by atoms with Crippen molar-refractivity contribution in [3.05, 3.63) is 42.2 Å². The molecule has 1 N–H and O–H groups in total. The Balaban J connectivity index is 1.92.